The van der Waals surface area contributed by atoms with Crippen molar-refractivity contribution in [1.29, 1.82) is 0 Å². The average molecular weight is 346 g/mol. The summed E-state index contributed by atoms with van der Waals surface area (Å²) in [4.78, 5) is 26.0. The van der Waals surface area contributed by atoms with Crippen molar-refractivity contribution in [3.05, 3.63) is 65.2 Å². The number of carbonyl (C=O) groups is 2. The molecule has 3 rings (SSSR count). The Morgan fingerprint density at radius 2 is 1.92 bits per heavy atom. The fourth-order valence-corrected chi connectivity index (χ4v) is 3.28. The first-order valence-corrected chi connectivity index (χ1v) is 7.58. The summed E-state index contributed by atoms with van der Waals surface area (Å²) in [7, 11) is 1.49. The maximum atomic E-state index is 14.2. The molecule has 2 aromatic carbocycles. The number of nitrogens with one attached hydrogen (secondary N) is 1. The molecule has 2 aromatic rings. The summed E-state index contributed by atoms with van der Waals surface area (Å²) < 4.78 is 27.8. The van der Waals surface area contributed by atoms with E-state index in [1.165, 1.54) is 18.9 Å². The average Bonchev–Trinajstić information content (AvgIpc) is 2.79. The second kappa shape index (κ2) is 5.93. The van der Waals surface area contributed by atoms with Crippen LogP contribution < -0.4 is 10.2 Å². The van der Waals surface area contributed by atoms with E-state index in [1.807, 2.05) is 0 Å². The van der Waals surface area contributed by atoms with Crippen molar-refractivity contribution in [3.63, 3.8) is 0 Å². The summed E-state index contributed by atoms with van der Waals surface area (Å²) in [6.07, 6.45) is -1.81. The number of carbonyl (C=O) groups excluding carboxylic acids is 2. The molecule has 0 radical (unpaired) electrons. The lowest BCUT2D eigenvalue weighted by atomic mass is 9.81. The largest absolute Gasteiger partial charge is 0.385 e. The molecule has 7 heteroatoms. The van der Waals surface area contributed by atoms with Crippen LogP contribution in [0.1, 0.15) is 24.2 Å². The number of fused-ring (bicyclic) bond motifs is 1. The second-order valence-corrected chi connectivity index (χ2v) is 5.94. The van der Waals surface area contributed by atoms with E-state index in [0.717, 1.165) is 18.2 Å². The number of anilines is 1. The van der Waals surface area contributed by atoms with Crippen molar-refractivity contribution in [2.75, 3.05) is 11.9 Å². The Kier molecular flexibility index (Phi) is 4.04. The van der Waals surface area contributed by atoms with Crippen molar-refractivity contribution < 1.29 is 23.5 Å². The van der Waals surface area contributed by atoms with Gasteiger partial charge in [0, 0.05) is 30.8 Å². The highest BCUT2D eigenvalue weighted by atomic mass is 19.1. The van der Waals surface area contributed by atoms with Gasteiger partial charge in [0.1, 0.15) is 17.7 Å². The molecule has 0 unspecified atom stereocenters. The maximum Gasteiger partial charge on any atom is 0.260 e. The van der Waals surface area contributed by atoms with Crippen LogP contribution in [0.5, 0.6) is 0 Å². The van der Waals surface area contributed by atoms with Crippen molar-refractivity contribution in [2.45, 2.75) is 18.6 Å². The van der Waals surface area contributed by atoms with Crippen LogP contribution in [0.4, 0.5) is 14.5 Å². The Bertz CT molecular complexity index is 871. The molecule has 0 spiro atoms. The molecule has 0 fully saturated rings. The quantitative estimate of drug-likeness (QED) is 0.893. The summed E-state index contributed by atoms with van der Waals surface area (Å²) in [5, 5.41) is 13.4. The molecule has 25 heavy (non-hydrogen) atoms. The third-order valence-electron chi connectivity index (χ3n) is 4.37. The highest BCUT2D eigenvalue weighted by molar-refractivity contribution is 6.09. The van der Waals surface area contributed by atoms with E-state index in [9.17, 15) is 23.5 Å². The van der Waals surface area contributed by atoms with Gasteiger partial charge in [-0.25, -0.2) is 8.78 Å². The maximum absolute atomic E-state index is 14.2. The zero-order valence-electron chi connectivity index (χ0n) is 13.6. The summed E-state index contributed by atoms with van der Waals surface area (Å²) in [6.45, 7) is 1.19. The van der Waals surface area contributed by atoms with Gasteiger partial charge in [0.15, 0.2) is 5.54 Å². The van der Waals surface area contributed by atoms with E-state index in [1.54, 1.807) is 24.3 Å². The van der Waals surface area contributed by atoms with Crippen molar-refractivity contribution >= 4 is 17.5 Å². The van der Waals surface area contributed by atoms with Crippen molar-refractivity contribution in [2.24, 2.45) is 0 Å². The molecular formula is C18H16F2N2O3. The van der Waals surface area contributed by atoms with Gasteiger partial charge in [0.25, 0.3) is 5.91 Å². The molecule has 0 saturated heterocycles. The monoisotopic (exact) mass is 346 g/mol. The van der Waals surface area contributed by atoms with Gasteiger partial charge in [0.2, 0.25) is 5.91 Å². The number of hydrogen-bond acceptors (Lipinski definition) is 3. The Balaban J connectivity index is 2.26. The van der Waals surface area contributed by atoms with Gasteiger partial charge in [-0.2, -0.15) is 0 Å². The van der Waals surface area contributed by atoms with Gasteiger partial charge in [0.05, 0.1) is 0 Å². The first kappa shape index (κ1) is 17.0. The molecule has 130 valence electrons. The highest BCUT2D eigenvalue weighted by Gasteiger charge is 2.56. The second-order valence-electron chi connectivity index (χ2n) is 5.94. The van der Waals surface area contributed by atoms with E-state index in [4.69, 9.17) is 0 Å². The number of nitrogens with zero attached hydrogens (tertiary/aromatic N) is 1. The van der Waals surface area contributed by atoms with Gasteiger partial charge in [-0.15, -0.1) is 0 Å². The molecule has 0 saturated carbocycles. The molecule has 1 aliphatic rings. The molecule has 0 aliphatic carbocycles. The number of likely N-dealkylation sites (N-methyl/N-ethyl adjacent to an activating group) is 1. The Labute approximate surface area is 142 Å². The smallest absolute Gasteiger partial charge is 0.260 e. The Morgan fingerprint density at radius 1 is 1.24 bits per heavy atom. The number of benzene rings is 2. The van der Waals surface area contributed by atoms with Gasteiger partial charge in [-0.05, 0) is 24.3 Å². The van der Waals surface area contributed by atoms with E-state index in [0.29, 0.717) is 11.3 Å². The zero-order chi connectivity index (χ0) is 18.4. The van der Waals surface area contributed by atoms with E-state index in [2.05, 4.69) is 5.32 Å². The molecule has 1 aliphatic heterocycles. The van der Waals surface area contributed by atoms with Gasteiger partial charge in [-0.3, -0.25) is 9.59 Å². The van der Waals surface area contributed by atoms with E-state index in [-0.39, 0.29) is 0 Å². The number of hydrogen-bond donors (Lipinski definition) is 2. The van der Waals surface area contributed by atoms with Gasteiger partial charge in [-0.1, -0.05) is 18.2 Å². The molecule has 2 N–H and O–H groups in total. The minimum Gasteiger partial charge on any atom is -0.385 e. The minimum absolute atomic E-state index is 0.314. The molecule has 2 atom stereocenters. The normalized spacial score (nSPS) is 20.4. The summed E-state index contributed by atoms with van der Waals surface area (Å²) in [5.74, 6) is -2.87. The van der Waals surface area contributed by atoms with Crippen LogP contribution in [-0.2, 0) is 15.1 Å². The lowest BCUT2D eigenvalue weighted by Crippen LogP contribution is -2.55. The highest BCUT2D eigenvalue weighted by Crippen LogP contribution is 2.47. The number of amides is 2. The first-order chi connectivity index (χ1) is 11.8. The van der Waals surface area contributed by atoms with Crippen LogP contribution in [0.15, 0.2) is 42.5 Å². The molecule has 5 nitrogen and oxygen atoms in total. The fourth-order valence-electron chi connectivity index (χ4n) is 3.28. The van der Waals surface area contributed by atoms with Crippen LogP contribution in [0.3, 0.4) is 0 Å². The van der Waals surface area contributed by atoms with Crippen LogP contribution in [0.2, 0.25) is 0 Å². The fraction of sp³-hybridized carbons (Fsp3) is 0.222. The topological polar surface area (TPSA) is 69.6 Å². The number of rotatable bonds is 3. The number of aliphatic hydroxyl groups is 1. The first-order valence-electron chi connectivity index (χ1n) is 7.58. The lowest BCUT2D eigenvalue weighted by Gasteiger charge is -2.34. The lowest BCUT2D eigenvalue weighted by molar-refractivity contribution is -0.135. The van der Waals surface area contributed by atoms with Crippen LogP contribution in [0.25, 0.3) is 0 Å². The van der Waals surface area contributed by atoms with Crippen LogP contribution >= 0.6 is 0 Å². The predicted molar refractivity (Wildman–Crippen MR) is 86.7 cm³/mol. The summed E-state index contributed by atoms with van der Waals surface area (Å²) in [5.41, 5.74) is -1.57. The van der Waals surface area contributed by atoms with Gasteiger partial charge >= 0.3 is 0 Å². The van der Waals surface area contributed by atoms with Gasteiger partial charge < -0.3 is 15.3 Å². The molecule has 0 bridgehead atoms. The number of para-hydroxylation sites is 1. The third-order valence-corrected chi connectivity index (χ3v) is 4.37. The van der Waals surface area contributed by atoms with Crippen LogP contribution in [-0.4, -0.2) is 24.0 Å². The summed E-state index contributed by atoms with van der Waals surface area (Å²) in [6, 6.07) is 9.13. The van der Waals surface area contributed by atoms with E-state index < -0.39 is 40.7 Å². The Hall–Kier alpha value is -2.80. The summed E-state index contributed by atoms with van der Waals surface area (Å²) >= 11 is 0. The van der Waals surface area contributed by atoms with Crippen LogP contribution in [0, 0.1) is 11.6 Å². The molecule has 0 aromatic heterocycles. The predicted octanol–water partition coefficient (Wildman–Crippen LogP) is 2.01. The minimum atomic E-state index is -1.94. The van der Waals surface area contributed by atoms with Crippen molar-refractivity contribution in [1.82, 2.24) is 5.32 Å². The SMILES string of the molecule is CC(=O)N[C@]1([C@@H](O)c2cc(F)ccc2F)C(=O)N(C)c2ccccc21. The van der Waals surface area contributed by atoms with Crippen molar-refractivity contribution in [3.8, 4) is 0 Å². The number of aliphatic hydroxyl groups excluding tert-OH is 1. The Morgan fingerprint density at radius 3 is 2.60 bits per heavy atom. The number of halogens is 2. The standard InChI is InChI=1S/C18H16F2N2O3/c1-10(23)21-18(16(24)12-9-11(19)7-8-14(12)20)13-5-3-4-6-15(13)22(2)17(18)25/h3-9,16,24H,1-2H3,(H,21,23)/t16-,18+/m0/s1. The molecular weight excluding hydrogens is 330 g/mol. The molecule has 2 amide bonds. The third kappa shape index (κ3) is 2.47. The van der Waals surface area contributed by atoms with E-state index >= 15 is 0 Å². The molecule has 1 heterocycles. The zero-order valence-corrected chi connectivity index (χ0v) is 13.6.